The van der Waals surface area contributed by atoms with Crippen molar-refractivity contribution in [1.29, 1.82) is 0 Å². The third kappa shape index (κ3) is 2.62. The van der Waals surface area contributed by atoms with Gasteiger partial charge in [-0.05, 0) is 31.1 Å². The highest BCUT2D eigenvalue weighted by atomic mass is 19.1. The lowest BCUT2D eigenvalue weighted by Crippen LogP contribution is -2.52. The molecule has 0 bridgehead atoms. The van der Waals surface area contributed by atoms with Crippen LogP contribution in [0, 0.1) is 11.4 Å². The van der Waals surface area contributed by atoms with Crippen molar-refractivity contribution in [2.24, 2.45) is 5.41 Å². The molecule has 0 radical (unpaired) electrons. The summed E-state index contributed by atoms with van der Waals surface area (Å²) in [6.07, 6.45) is 6.69. The summed E-state index contributed by atoms with van der Waals surface area (Å²) in [5, 5.41) is 9.58. The fourth-order valence-electron chi connectivity index (χ4n) is 3.32. The maximum Gasteiger partial charge on any atom is 0.231 e. The van der Waals surface area contributed by atoms with E-state index in [0.717, 1.165) is 51.6 Å². The molecule has 1 aromatic heterocycles. The van der Waals surface area contributed by atoms with E-state index in [1.165, 1.54) is 6.20 Å². The van der Waals surface area contributed by atoms with Gasteiger partial charge in [0.2, 0.25) is 5.95 Å². The molecular formula is C14H20FN3O2. The predicted molar refractivity (Wildman–Crippen MR) is 71.9 cm³/mol. The molecule has 5 nitrogen and oxygen atoms in total. The molecule has 2 saturated heterocycles. The molecular weight excluding hydrogens is 261 g/mol. The van der Waals surface area contributed by atoms with E-state index in [0.29, 0.717) is 5.82 Å². The summed E-state index contributed by atoms with van der Waals surface area (Å²) in [6.45, 7) is 2.52. The van der Waals surface area contributed by atoms with Gasteiger partial charge in [0.25, 0.3) is 0 Å². The lowest BCUT2D eigenvalue weighted by atomic mass is 9.72. The minimum absolute atomic E-state index is 0.0447. The van der Waals surface area contributed by atoms with E-state index in [4.69, 9.17) is 4.74 Å². The number of halogens is 1. The Morgan fingerprint density at radius 3 is 2.75 bits per heavy atom. The summed E-state index contributed by atoms with van der Waals surface area (Å²) in [7, 11) is 0. The highest BCUT2D eigenvalue weighted by molar-refractivity contribution is 5.38. The molecule has 2 aliphatic rings. The first-order valence-corrected chi connectivity index (χ1v) is 7.15. The van der Waals surface area contributed by atoms with Gasteiger partial charge in [0.15, 0.2) is 0 Å². The number of aromatic nitrogens is 2. The Hall–Kier alpha value is -1.27. The Labute approximate surface area is 117 Å². The maximum atomic E-state index is 12.9. The van der Waals surface area contributed by atoms with Crippen LogP contribution in [0.4, 0.5) is 10.2 Å². The first-order chi connectivity index (χ1) is 9.72. The molecule has 1 unspecified atom stereocenters. The Morgan fingerprint density at radius 1 is 1.30 bits per heavy atom. The zero-order valence-corrected chi connectivity index (χ0v) is 11.5. The second kappa shape index (κ2) is 5.61. The number of hydrogen-bond donors (Lipinski definition) is 1. The minimum atomic E-state index is -0.577. The van der Waals surface area contributed by atoms with Crippen molar-refractivity contribution in [3.8, 4) is 0 Å². The van der Waals surface area contributed by atoms with Crippen LogP contribution in [0.25, 0.3) is 0 Å². The first-order valence-electron chi connectivity index (χ1n) is 7.15. The summed E-state index contributed by atoms with van der Waals surface area (Å²) >= 11 is 0. The molecule has 2 fully saturated rings. The number of piperidine rings is 1. The highest BCUT2D eigenvalue weighted by Gasteiger charge is 2.40. The standard InChI is InChI=1S/C14H20FN3O2/c15-12-7-17-13(8-16-12)18-10-14(2-1-11(18)9-19)3-5-20-6-4-14/h7-8,11,19H,1-6,9-10H2. The third-order valence-corrected chi connectivity index (χ3v) is 4.62. The third-order valence-electron chi connectivity index (χ3n) is 4.62. The van der Waals surface area contributed by atoms with Gasteiger partial charge in [-0.15, -0.1) is 0 Å². The largest absolute Gasteiger partial charge is 0.394 e. The van der Waals surface area contributed by atoms with Gasteiger partial charge < -0.3 is 14.7 Å². The van der Waals surface area contributed by atoms with E-state index in [2.05, 4.69) is 14.9 Å². The van der Waals surface area contributed by atoms with Crippen molar-refractivity contribution in [2.45, 2.75) is 31.7 Å². The molecule has 1 spiro atoms. The summed E-state index contributed by atoms with van der Waals surface area (Å²) in [6, 6.07) is 0.0447. The van der Waals surface area contributed by atoms with Crippen molar-refractivity contribution >= 4 is 5.82 Å². The van der Waals surface area contributed by atoms with Gasteiger partial charge in [-0.25, -0.2) is 9.97 Å². The fraction of sp³-hybridized carbons (Fsp3) is 0.714. The van der Waals surface area contributed by atoms with Gasteiger partial charge in [-0.2, -0.15) is 4.39 Å². The Balaban J connectivity index is 1.82. The van der Waals surface area contributed by atoms with E-state index in [-0.39, 0.29) is 18.1 Å². The molecule has 0 saturated carbocycles. The van der Waals surface area contributed by atoms with Gasteiger partial charge >= 0.3 is 0 Å². The molecule has 3 rings (SSSR count). The normalized spacial score (nSPS) is 25.9. The van der Waals surface area contributed by atoms with Crippen LogP contribution in [0.1, 0.15) is 25.7 Å². The summed E-state index contributed by atoms with van der Waals surface area (Å²) in [5.41, 5.74) is 0.236. The number of aliphatic hydroxyl groups excluding tert-OH is 1. The van der Waals surface area contributed by atoms with E-state index in [1.54, 1.807) is 0 Å². The number of aliphatic hydroxyl groups is 1. The zero-order valence-electron chi connectivity index (χ0n) is 11.5. The number of nitrogens with zero attached hydrogens (tertiary/aromatic N) is 3. The van der Waals surface area contributed by atoms with E-state index in [9.17, 15) is 9.50 Å². The number of ether oxygens (including phenoxy) is 1. The topological polar surface area (TPSA) is 58.5 Å². The molecule has 1 N–H and O–H groups in total. The number of anilines is 1. The number of rotatable bonds is 2. The summed E-state index contributed by atoms with van der Waals surface area (Å²) in [5.74, 6) is 0.0723. The van der Waals surface area contributed by atoms with Crippen LogP contribution >= 0.6 is 0 Å². The fourth-order valence-corrected chi connectivity index (χ4v) is 3.32. The SMILES string of the molecule is OCC1CCC2(CCOCC2)CN1c1cnc(F)cn1. The van der Waals surface area contributed by atoms with Crippen LogP contribution in [0.15, 0.2) is 12.4 Å². The van der Waals surface area contributed by atoms with Crippen molar-refractivity contribution in [2.75, 3.05) is 31.3 Å². The van der Waals surface area contributed by atoms with Crippen molar-refractivity contribution in [1.82, 2.24) is 9.97 Å². The van der Waals surface area contributed by atoms with Crippen molar-refractivity contribution in [3.63, 3.8) is 0 Å². The van der Waals surface area contributed by atoms with Crippen molar-refractivity contribution in [3.05, 3.63) is 18.3 Å². The average Bonchev–Trinajstić information content (AvgIpc) is 2.49. The van der Waals surface area contributed by atoms with E-state index >= 15 is 0 Å². The van der Waals surface area contributed by atoms with Gasteiger partial charge in [0.1, 0.15) is 5.82 Å². The minimum Gasteiger partial charge on any atom is -0.394 e. The molecule has 1 atom stereocenters. The van der Waals surface area contributed by atoms with Gasteiger partial charge in [0.05, 0.1) is 25.0 Å². The second-order valence-corrected chi connectivity index (χ2v) is 5.81. The monoisotopic (exact) mass is 281 g/mol. The quantitative estimate of drug-likeness (QED) is 0.887. The molecule has 0 aromatic carbocycles. The predicted octanol–water partition coefficient (Wildman–Crippen LogP) is 1.37. The van der Waals surface area contributed by atoms with Crippen molar-refractivity contribution < 1.29 is 14.2 Å². The lowest BCUT2D eigenvalue weighted by molar-refractivity contribution is 0.000819. The van der Waals surface area contributed by atoms with Crippen LogP contribution < -0.4 is 4.90 Å². The Bertz CT molecular complexity index is 448. The van der Waals surface area contributed by atoms with Crippen LogP contribution in [-0.2, 0) is 4.74 Å². The molecule has 2 aliphatic heterocycles. The van der Waals surface area contributed by atoms with Crippen LogP contribution in [0.3, 0.4) is 0 Å². The molecule has 1 aromatic rings. The second-order valence-electron chi connectivity index (χ2n) is 5.81. The zero-order chi connectivity index (χ0) is 14.0. The molecule has 20 heavy (non-hydrogen) atoms. The Kier molecular flexibility index (Phi) is 3.85. The molecule has 0 aliphatic carbocycles. The lowest BCUT2D eigenvalue weighted by Gasteiger charge is -2.48. The smallest absolute Gasteiger partial charge is 0.231 e. The molecule has 0 amide bonds. The maximum absolute atomic E-state index is 12.9. The van der Waals surface area contributed by atoms with Gasteiger partial charge in [0, 0.05) is 19.8 Å². The van der Waals surface area contributed by atoms with Crippen LogP contribution in [0.5, 0.6) is 0 Å². The van der Waals surface area contributed by atoms with Gasteiger partial charge in [-0.3, -0.25) is 0 Å². The highest BCUT2D eigenvalue weighted by Crippen LogP contribution is 2.42. The van der Waals surface area contributed by atoms with E-state index < -0.39 is 5.95 Å². The average molecular weight is 281 g/mol. The number of hydrogen-bond acceptors (Lipinski definition) is 5. The molecule has 3 heterocycles. The van der Waals surface area contributed by atoms with E-state index in [1.807, 2.05) is 0 Å². The summed E-state index contributed by atoms with van der Waals surface area (Å²) < 4.78 is 18.4. The molecule has 110 valence electrons. The Morgan fingerprint density at radius 2 is 2.10 bits per heavy atom. The van der Waals surface area contributed by atoms with Crippen LogP contribution in [0.2, 0.25) is 0 Å². The molecule has 6 heteroatoms. The first kappa shape index (κ1) is 13.7. The van der Waals surface area contributed by atoms with Gasteiger partial charge in [-0.1, -0.05) is 0 Å². The summed E-state index contributed by atoms with van der Waals surface area (Å²) in [4.78, 5) is 9.89. The van der Waals surface area contributed by atoms with Crippen LogP contribution in [-0.4, -0.2) is 47.5 Å².